The van der Waals surface area contributed by atoms with E-state index in [2.05, 4.69) is 9.87 Å². The fourth-order valence-electron chi connectivity index (χ4n) is 1.27. The van der Waals surface area contributed by atoms with Crippen LogP contribution in [0.3, 0.4) is 0 Å². The summed E-state index contributed by atoms with van der Waals surface area (Å²) in [6, 6.07) is 8.77. The SMILES string of the molecule is CC(=O)OOc1cccc2ccc(Cl)nc12. The van der Waals surface area contributed by atoms with Gasteiger partial charge in [0.25, 0.3) is 0 Å². The maximum Gasteiger partial charge on any atom is 0.352 e. The Labute approximate surface area is 96.7 Å². The lowest BCUT2D eigenvalue weighted by Crippen LogP contribution is -2.03. The Hall–Kier alpha value is -1.81. The van der Waals surface area contributed by atoms with Gasteiger partial charge in [-0.25, -0.2) is 9.78 Å². The molecular weight excluding hydrogens is 230 g/mol. The second-order valence-corrected chi connectivity index (χ2v) is 3.51. The number of halogens is 1. The molecule has 2 aromatic rings. The summed E-state index contributed by atoms with van der Waals surface area (Å²) in [7, 11) is 0. The van der Waals surface area contributed by atoms with E-state index in [0.717, 1.165) is 5.39 Å². The average molecular weight is 238 g/mol. The molecule has 0 amide bonds. The van der Waals surface area contributed by atoms with Crippen LogP contribution in [0.4, 0.5) is 0 Å². The van der Waals surface area contributed by atoms with Gasteiger partial charge < -0.3 is 0 Å². The molecule has 0 saturated carbocycles. The van der Waals surface area contributed by atoms with E-state index in [1.165, 1.54) is 6.92 Å². The van der Waals surface area contributed by atoms with Gasteiger partial charge >= 0.3 is 5.97 Å². The minimum atomic E-state index is -0.529. The molecule has 4 nitrogen and oxygen atoms in total. The van der Waals surface area contributed by atoms with Crippen molar-refractivity contribution in [1.29, 1.82) is 0 Å². The lowest BCUT2D eigenvalue weighted by molar-refractivity contribution is -0.210. The van der Waals surface area contributed by atoms with E-state index in [1.54, 1.807) is 18.2 Å². The van der Waals surface area contributed by atoms with Crippen molar-refractivity contribution in [3.8, 4) is 5.75 Å². The van der Waals surface area contributed by atoms with E-state index in [0.29, 0.717) is 16.4 Å². The van der Waals surface area contributed by atoms with Gasteiger partial charge in [-0.2, -0.15) is 0 Å². The number of pyridine rings is 1. The van der Waals surface area contributed by atoms with Crippen molar-refractivity contribution in [2.45, 2.75) is 6.92 Å². The van der Waals surface area contributed by atoms with E-state index >= 15 is 0 Å². The monoisotopic (exact) mass is 237 g/mol. The number of fused-ring (bicyclic) bond motifs is 1. The number of carbonyl (C=O) groups is 1. The first-order valence-corrected chi connectivity index (χ1v) is 4.95. The van der Waals surface area contributed by atoms with Crippen molar-refractivity contribution < 1.29 is 14.6 Å². The number of para-hydroxylation sites is 1. The van der Waals surface area contributed by atoms with Gasteiger partial charge in [-0.05, 0) is 18.2 Å². The van der Waals surface area contributed by atoms with Crippen LogP contribution in [0.15, 0.2) is 30.3 Å². The molecule has 0 aliphatic rings. The summed E-state index contributed by atoms with van der Waals surface area (Å²) in [4.78, 5) is 24.0. The highest BCUT2D eigenvalue weighted by Gasteiger charge is 2.06. The van der Waals surface area contributed by atoms with Crippen molar-refractivity contribution in [3.05, 3.63) is 35.5 Å². The summed E-state index contributed by atoms with van der Waals surface area (Å²) in [5.41, 5.74) is 0.552. The van der Waals surface area contributed by atoms with Crippen molar-refractivity contribution in [3.63, 3.8) is 0 Å². The van der Waals surface area contributed by atoms with Crippen molar-refractivity contribution in [2.75, 3.05) is 0 Å². The Morgan fingerprint density at radius 3 is 2.88 bits per heavy atom. The molecule has 0 radical (unpaired) electrons. The van der Waals surface area contributed by atoms with Crippen molar-refractivity contribution in [2.24, 2.45) is 0 Å². The van der Waals surface area contributed by atoms with Gasteiger partial charge in [-0.15, -0.1) is 0 Å². The van der Waals surface area contributed by atoms with Crippen molar-refractivity contribution >= 4 is 28.5 Å². The Kier molecular flexibility index (Phi) is 2.92. The third-order valence-corrected chi connectivity index (χ3v) is 2.11. The quantitative estimate of drug-likeness (QED) is 0.458. The first-order valence-electron chi connectivity index (χ1n) is 4.57. The number of carbonyl (C=O) groups excluding carboxylic acids is 1. The number of hydrogen-bond acceptors (Lipinski definition) is 4. The number of benzene rings is 1. The van der Waals surface area contributed by atoms with Gasteiger partial charge in [-0.3, -0.25) is 9.78 Å². The second-order valence-electron chi connectivity index (χ2n) is 3.12. The fourth-order valence-corrected chi connectivity index (χ4v) is 1.41. The second kappa shape index (κ2) is 4.37. The first kappa shape index (κ1) is 10.7. The average Bonchev–Trinajstić information content (AvgIpc) is 2.26. The summed E-state index contributed by atoms with van der Waals surface area (Å²) in [6.07, 6.45) is 0. The fraction of sp³-hybridized carbons (Fsp3) is 0.0909. The van der Waals surface area contributed by atoms with E-state index < -0.39 is 5.97 Å². The van der Waals surface area contributed by atoms with Gasteiger partial charge in [0.2, 0.25) is 5.75 Å². The Bertz CT molecular complexity index is 542. The highest BCUT2D eigenvalue weighted by molar-refractivity contribution is 6.29. The molecule has 0 aliphatic heterocycles. The highest BCUT2D eigenvalue weighted by Crippen LogP contribution is 2.25. The maximum atomic E-state index is 10.6. The molecule has 1 heterocycles. The molecule has 0 spiro atoms. The molecule has 16 heavy (non-hydrogen) atoms. The summed E-state index contributed by atoms with van der Waals surface area (Å²) in [5.74, 6) is -0.172. The Morgan fingerprint density at radius 2 is 2.12 bits per heavy atom. The molecule has 0 unspecified atom stereocenters. The summed E-state index contributed by atoms with van der Waals surface area (Å²) < 4.78 is 0. The number of hydrogen-bond donors (Lipinski definition) is 0. The van der Waals surface area contributed by atoms with Crippen molar-refractivity contribution in [1.82, 2.24) is 4.98 Å². The number of nitrogens with zero attached hydrogens (tertiary/aromatic N) is 1. The number of aromatic nitrogens is 1. The van der Waals surface area contributed by atoms with Gasteiger partial charge in [0, 0.05) is 12.3 Å². The molecule has 0 atom stereocenters. The topological polar surface area (TPSA) is 48.4 Å². The van der Waals surface area contributed by atoms with Crippen LogP contribution in [0.25, 0.3) is 10.9 Å². The van der Waals surface area contributed by atoms with Gasteiger partial charge in [0.05, 0.1) is 0 Å². The zero-order valence-corrected chi connectivity index (χ0v) is 9.19. The summed E-state index contributed by atoms with van der Waals surface area (Å²) in [5, 5.41) is 1.21. The molecular formula is C11H8ClNO3. The molecule has 82 valence electrons. The maximum absolute atomic E-state index is 10.6. The molecule has 0 N–H and O–H groups in total. The minimum Gasteiger partial charge on any atom is -0.285 e. The zero-order chi connectivity index (χ0) is 11.5. The molecule has 1 aromatic carbocycles. The van der Waals surface area contributed by atoms with E-state index in [1.807, 2.05) is 12.1 Å². The molecule has 0 aliphatic carbocycles. The van der Waals surface area contributed by atoms with E-state index in [9.17, 15) is 4.79 Å². The highest BCUT2D eigenvalue weighted by atomic mass is 35.5. The summed E-state index contributed by atoms with van der Waals surface area (Å²) >= 11 is 5.78. The van der Waals surface area contributed by atoms with Crippen LogP contribution < -0.4 is 4.89 Å². The van der Waals surface area contributed by atoms with Gasteiger partial charge in [-0.1, -0.05) is 23.7 Å². The summed E-state index contributed by atoms with van der Waals surface area (Å²) in [6.45, 7) is 1.26. The van der Waals surface area contributed by atoms with Crippen LogP contribution in [0, 0.1) is 0 Å². The third kappa shape index (κ3) is 2.23. The standard InChI is InChI=1S/C11H8ClNO3/c1-7(14)15-16-9-4-2-3-8-5-6-10(12)13-11(8)9/h2-6H,1H3. The Balaban J connectivity index is 2.43. The number of rotatable bonds is 2. The molecule has 0 fully saturated rings. The van der Waals surface area contributed by atoms with Gasteiger partial charge in [0.15, 0.2) is 0 Å². The normalized spacial score (nSPS) is 10.1. The molecule has 2 rings (SSSR count). The Morgan fingerprint density at radius 1 is 1.31 bits per heavy atom. The van der Waals surface area contributed by atoms with Crippen LogP contribution in [0.5, 0.6) is 5.75 Å². The van der Waals surface area contributed by atoms with Crippen LogP contribution in [-0.4, -0.2) is 11.0 Å². The van der Waals surface area contributed by atoms with Crippen LogP contribution in [0.2, 0.25) is 5.15 Å². The smallest absolute Gasteiger partial charge is 0.285 e. The molecule has 1 aromatic heterocycles. The third-order valence-electron chi connectivity index (χ3n) is 1.90. The lowest BCUT2D eigenvalue weighted by Gasteiger charge is -2.05. The predicted molar refractivity (Wildman–Crippen MR) is 59.1 cm³/mol. The van der Waals surface area contributed by atoms with Crippen LogP contribution >= 0.6 is 11.6 Å². The minimum absolute atomic E-state index is 0.353. The largest absolute Gasteiger partial charge is 0.352 e. The lowest BCUT2D eigenvalue weighted by atomic mass is 10.2. The molecule has 0 saturated heterocycles. The van der Waals surface area contributed by atoms with Crippen LogP contribution in [0.1, 0.15) is 6.92 Å². The molecule has 0 bridgehead atoms. The van der Waals surface area contributed by atoms with E-state index in [4.69, 9.17) is 16.5 Å². The molecule has 5 heteroatoms. The van der Waals surface area contributed by atoms with Crippen LogP contribution in [-0.2, 0) is 9.68 Å². The van der Waals surface area contributed by atoms with Gasteiger partial charge in [0.1, 0.15) is 10.7 Å². The zero-order valence-electron chi connectivity index (χ0n) is 8.44. The predicted octanol–water partition coefficient (Wildman–Crippen LogP) is 2.75. The first-order chi connectivity index (χ1) is 7.66. The van der Waals surface area contributed by atoms with E-state index in [-0.39, 0.29) is 0 Å².